The zero-order valence-electron chi connectivity index (χ0n) is 11.5. The molecule has 3 unspecified atom stereocenters. The zero-order valence-corrected chi connectivity index (χ0v) is 13.1. The molecule has 1 saturated heterocycles. The quantitative estimate of drug-likeness (QED) is 0.920. The summed E-state index contributed by atoms with van der Waals surface area (Å²) in [6.07, 6.45) is 0. The molecule has 5 heteroatoms. The van der Waals surface area contributed by atoms with E-state index in [2.05, 4.69) is 12.2 Å². The van der Waals surface area contributed by atoms with E-state index in [1.165, 1.54) is 12.9 Å². The van der Waals surface area contributed by atoms with Crippen LogP contribution in [-0.4, -0.2) is 36.2 Å². The van der Waals surface area contributed by atoms with E-state index in [0.29, 0.717) is 16.2 Å². The minimum absolute atomic E-state index is 0.174. The molecule has 1 aromatic rings. The lowest BCUT2D eigenvalue weighted by molar-refractivity contribution is 0.385. The molecule has 0 radical (unpaired) electrons. The molecule has 1 aliphatic rings. The van der Waals surface area contributed by atoms with Crippen molar-refractivity contribution in [3.8, 4) is 5.75 Å². The third-order valence-corrected chi connectivity index (χ3v) is 6.61. The number of ether oxygens (including phenoxy) is 1. The minimum Gasteiger partial charge on any atom is -0.494 e. The van der Waals surface area contributed by atoms with E-state index >= 15 is 0 Å². The standard InChI is InChI=1S/C14H20FNOS2/c1-9-14(19-7-6-18-9)13(16-2)10-4-5-12(17-3)11(15)8-10/h4-5,8-9,13-14,16H,6-7H2,1-3H3. The third kappa shape index (κ3) is 3.38. The normalized spacial score (nSPS) is 25.1. The Morgan fingerprint density at radius 2 is 2.11 bits per heavy atom. The van der Waals surface area contributed by atoms with Crippen LogP contribution in [0, 0.1) is 5.82 Å². The molecule has 0 aliphatic carbocycles. The topological polar surface area (TPSA) is 21.3 Å². The smallest absolute Gasteiger partial charge is 0.165 e. The molecule has 0 saturated carbocycles. The van der Waals surface area contributed by atoms with Crippen LogP contribution in [0.4, 0.5) is 4.39 Å². The number of thioether (sulfide) groups is 2. The fourth-order valence-corrected chi connectivity index (χ4v) is 5.40. The van der Waals surface area contributed by atoms with Crippen LogP contribution in [0.15, 0.2) is 18.2 Å². The summed E-state index contributed by atoms with van der Waals surface area (Å²) in [5.41, 5.74) is 0.993. The first-order chi connectivity index (χ1) is 9.17. The Labute approximate surface area is 122 Å². The van der Waals surface area contributed by atoms with Gasteiger partial charge in [0.2, 0.25) is 0 Å². The van der Waals surface area contributed by atoms with Gasteiger partial charge >= 0.3 is 0 Å². The lowest BCUT2D eigenvalue weighted by atomic mass is 10.0. The molecule has 0 bridgehead atoms. The van der Waals surface area contributed by atoms with Crippen LogP contribution < -0.4 is 10.1 Å². The molecule has 2 nitrogen and oxygen atoms in total. The van der Waals surface area contributed by atoms with Crippen molar-refractivity contribution in [1.82, 2.24) is 5.32 Å². The summed E-state index contributed by atoms with van der Waals surface area (Å²) >= 11 is 3.97. The fraction of sp³-hybridized carbons (Fsp3) is 0.571. The second-order valence-electron chi connectivity index (χ2n) is 4.57. The van der Waals surface area contributed by atoms with Gasteiger partial charge in [0.25, 0.3) is 0 Å². The highest BCUT2D eigenvalue weighted by atomic mass is 32.2. The summed E-state index contributed by atoms with van der Waals surface area (Å²) in [5.74, 6) is 2.38. The second-order valence-corrected chi connectivity index (χ2v) is 7.34. The van der Waals surface area contributed by atoms with Gasteiger partial charge in [-0.15, -0.1) is 0 Å². The van der Waals surface area contributed by atoms with E-state index in [-0.39, 0.29) is 11.9 Å². The predicted molar refractivity (Wildman–Crippen MR) is 82.9 cm³/mol. The lowest BCUT2D eigenvalue weighted by Crippen LogP contribution is -2.36. The van der Waals surface area contributed by atoms with Crippen LogP contribution in [-0.2, 0) is 0 Å². The maximum Gasteiger partial charge on any atom is 0.165 e. The van der Waals surface area contributed by atoms with Crippen LogP contribution >= 0.6 is 23.5 Å². The Balaban J connectivity index is 2.23. The summed E-state index contributed by atoms with van der Waals surface area (Å²) in [5, 5.41) is 4.38. The number of nitrogens with one attached hydrogen (secondary N) is 1. The van der Waals surface area contributed by atoms with Crippen molar-refractivity contribution in [3.05, 3.63) is 29.6 Å². The van der Waals surface area contributed by atoms with E-state index in [9.17, 15) is 4.39 Å². The lowest BCUT2D eigenvalue weighted by Gasteiger charge is -2.34. The molecule has 2 rings (SSSR count). The van der Waals surface area contributed by atoms with Gasteiger partial charge in [-0.3, -0.25) is 0 Å². The van der Waals surface area contributed by atoms with Gasteiger partial charge in [-0.1, -0.05) is 13.0 Å². The predicted octanol–water partition coefficient (Wildman–Crippen LogP) is 3.33. The number of methoxy groups -OCH3 is 1. The first-order valence-corrected chi connectivity index (χ1v) is 8.51. The van der Waals surface area contributed by atoms with Crippen molar-refractivity contribution in [2.45, 2.75) is 23.5 Å². The summed E-state index contributed by atoms with van der Waals surface area (Å²) in [6, 6.07) is 5.43. The molecule has 3 atom stereocenters. The molecule has 1 heterocycles. The van der Waals surface area contributed by atoms with Gasteiger partial charge in [0.05, 0.1) is 7.11 Å². The van der Waals surface area contributed by atoms with E-state index < -0.39 is 0 Å². The Kier molecular flexibility index (Phi) is 5.42. The Hall–Kier alpha value is -0.390. The maximum absolute atomic E-state index is 13.8. The van der Waals surface area contributed by atoms with Crippen molar-refractivity contribution in [1.29, 1.82) is 0 Å². The molecular weight excluding hydrogens is 281 g/mol. The largest absolute Gasteiger partial charge is 0.494 e. The summed E-state index contributed by atoms with van der Waals surface area (Å²) < 4.78 is 18.8. The molecule has 1 fully saturated rings. The molecule has 1 aromatic carbocycles. The van der Waals surface area contributed by atoms with Crippen molar-refractivity contribution >= 4 is 23.5 Å². The van der Waals surface area contributed by atoms with Crippen LogP contribution in [0.1, 0.15) is 18.5 Å². The molecule has 19 heavy (non-hydrogen) atoms. The summed E-state index contributed by atoms with van der Waals surface area (Å²) in [4.78, 5) is 0. The van der Waals surface area contributed by atoms with Crippen molar-refractivity contribution in [3.63, 3.8) is 0 Å². The van der Waals surface area contributed by atoms with Crippen LogP contribution in [0.25, 0.3) is 0 Å². The average Bonchev–Trinajstić information content (AvgIpc) is 2.42. The molecule has 106 valence electrons. The van der Waals surface area contributed by atoms with Crippen LogP contribution in [0.5, 0.6) is 5.75 Å². The van der Waals surface area contributed by atoms with Gasteiger partial charge in [-0.2, -0.15) is 23.5 Å². The second kappa shape index (κ2) is 6.86. The molecular formula is C14H20FNOS2. The molecule has 0 aromatic heterocycles. The first-order valence-electron chi connectivity index (χ1n) is 6.41. The SMILES string of the molecule is CNC(c1ccc(OC)c(F)c1)C1SCCSC1C. The van der Waals surface area contributed by atoms with E-state index in [1.807, 2.05) is 36.6 Å². The Bertz CT molecular complexity index is 430. The van der Waals surface area contributed by atoms with E-state index in [1.54, 1.807) is 12.1 Å². The van der Waals surface area contributed by atoms with Gasteiger partial charge in [0.15, 0.2) is 11.6 Å². The molecule has 1 aliphatic heterocycles. The number of hydrogen-bond acceptors (Lipinski definition) is 4. The number of halogens is 1. The summed E-state index contributed by atoms with van der Waals surface area (Å²) in [6.45, 7) is 2.26. The average molecular weight is 301 g/mol. The Morgan fingerprint density at radius 3 is 2.68 bits per heavy atom. The summed E-state index contributed by atoms with van der Waals surface area (Å²) in [7, 11) is 3.43. The van der Waals surface area contributed by atoms with E-state index in [4.69, 9.17) is 4.74 Å². The van der Waals surface area contributed by atoms with Gasteiger partial charge in [0.1, 0.15) is 0 Å². The number of rotatable bonds is 4. The number of hydrogen-bond donors (Lipinski definition) is 1. The highest BCUT2D eigenvalue weighted by Crippen LogP contribution is 2.39. The third-order valence-electron chi connectivity index (χ3n) is 3.41. The zero-order chi connectivity index (χ0) is 13.8. The molecule has 1 N–H and O–H groups in total. The van der Waals surface area contributed by atoms with Crippen LogP contribution in [0.3, 0.4) is 0 Å². The molecule has 0 spiro atoms. The Morgan fingerprint density at radius 1 is 1.37 bits per heavy atom. The van der Waals surface area contributed by atoms with Crippen LogP contribution in [0.2, 0.25) is 0 Å². The fourth-order valence-electron chi connectivity index (χ4n) is 2.41. The maximum atomic E-state index is 13.8. The number of benzene rings is 1. The first kappa shape index (κ1) is 15.0. The highest BCUT2D eigenvalue weighted by molar-refractivity contribution is 8.07. The van der Waals surface area contributed by atoms with Crippen molar-refractivity contribution in [2.24, 2.45) is 0 Å². The van der Waals surface area contributed by atoms with Gasteiger partial charge in [-0.25, -0.2) is 4.39 Å². The monoisotopic (exact) mass is 301 g/mol. The highest BCUT2D eigenvalue weighted by Gasteiger charge is 2.30. The van der Waals surface area contributed by atoms with Gasteiger partial charge < -0.3 is 10.1 Å². The van der Waals surface area contributed by atoms with Crippen molar-refractivity contribution < 1.29 is 9.13 Å². The van der Waals surface area contributed by atoms with Gasteiger partial charge in [0, 0.05) is 28.0 Å². The molecule has 0 amide bonds. The van der Waals surface area contributed by atoms with Crippen molar-refractivity contribution in [2.75, 3.05) is 25.7 Å². The minimum atomic E-state index is -0.290. The van der Waals surface area contributed by atoms with Gasteiger partial charge in [-0.05, 0) is 24.7 Å². The van der Waals surface area contributed by atoms with E-state index in [0.717, 1.165) is 11.3 Å².